The summed E-state index contributed by atoms with van der Waals surface area (Å²) in [7, 11) is 0. The highest BCUT2D eigenvalue weighted by molar-refractivity contribution is 9.10. The van der Waals surface area contributed by atoms with Gasteiger partial charge < -0.3 is 15.1 Å². The molecule has 0 amide bonds. The fraction of sp³-hybridized carbons (Fsp3) is 0.222. The summed E-state index contributed by atoms with van der Waals surface area (Å²) in [5.41, 5.74) is 1.90. The third-order valence-corrected chi connectivity index (χ3v) is 2.50. The van der Waals surface area contributed by atoms with Gasteiger partial charge in [-0.2, -0.15) is 0 Å². The van der Waals surface area contributed by atoms with E-state index < -0.39 is 0 Å². The molecule has 0 aliphatic carbocycles. The number of aliphatic hydroxyl groups is 1. The molecule has 5 heteroatoms. The summed E-state index contributed by atoms with van der Waals surface area (Å²) in [6, 6.07) is 1.95. The van der Waals surface area contributed by atoms with Gasteiger partial charge >= 0.3 is 0 Å². The van der Waals surface area contributed by atoms with Gasteiger partial charge in [-0.05, 0) is 22.0 Å². The van der Waals surface area contributed by atoms with Crippen LogP contribution in [0.15, 0.2) is 23.1 Å². The van der Waals surface area contributed by atoms with Gasteiger partial charge in [0.25, 0.3) is 0 Å². The number of nitrogens with zero attached hydrogens (tertiary/aromatic N) is 1. The van der Waals surface area contributed by atoms with Crippen molar-refractivity contribution in [2.45, 2.75) is 6.42 Å². The van der Waals surface area contributed by atoms with Gasteiger partial charge in [0.15, 0.2) is 0 Å². The Morgan fingerprint density at radius 2 is 2.36 bits per heavy atom. The van der Waals surface area contributed by atoms with Crippen LogP contribution >= 0.6 is 15.9 Å². The first-order valence-electron chi connectivity index (χ1n) is 4.29. The van der Waals surface area contributed by atoms with Gasteiger partial charge in [-0.25, -0.2) is 4.98 Å². The normalized spacial score (nSPS) is 10.7. The number of hydrogen-bond acceptors (Lipinski definition) is 2. The molecule has 2 aromatic rings. The zero-order chi connectivity index (χ0) is 9.97. The summed E-state index contributed by atoms with van der Waals surface area (Å²) in [5.74, 6) is 0.788. The molecule has 0 aromatic carbocycles. The van der Waals surface area contributed by atoms with Crippen LogP contribution in [-0.2, 0) is 6.42 Å². The molecule has 2 rings (SSSR count). The smallest absolute Gasteiger partial charge is 0.110 e. The second kappa shape index (κ2) is 3.98. The highest BCUT2D eigenvalue weighted by atomic mass is 79.9. The summed E-state index contributed by atoms with van der Waals surface area (Å²) >= 11 is 3.39. The van der Waals surface area contributed by atoms with Crippen LogP contribution in [0.5, 0.6) is 0 Å². The molecule has 0 saturated heterocycles. The van der Waals surface area contributed by atoms with Crippen LogP contribution in [0, 0.1) is 0 Å². The fourth-order valence-corrected chi connectivity index (χ4v) is 1.83. The second-order valence-corrected chi connectivity index (χ2v) is 3.71. The highest BCUT2D eigenvalue weighted by Gasteiger charge is 2.09. The van der Waals surface area contributed by atoms with Crippen LogP contribution in [0.4, 0.5) is 0 Å². The molecule has 0 atom stereocenters. The van der Waals surface area contributed by atoms with Gasteiger partial charge in [0.1, 0.15) is 16.1 Å². The van der Waals surface area contributed by atoms with E-state index in [1.807, 2.05) is 18.5 Å². The van der Waals surface area contributed by atoms with Crippen LogP contribution in [0.2, 0.25) is 0 Å². The van der Waals surface area contributed by atoms with E-state index in [2.05, 4.69) is 30.9 Å². The standard InChI is InChI=1S/C9H10BrN3O/c10-9-8(6-1-3-11-5-6)12-7(13-9)2-4-14/h1,3,5,11,14H,2,4H2,(H,12,13). The van der Waals surface area contributed by atoms with Crippen molar-refractivity contribution in [2.75, 3.05) is 6.61 Å². The van der Waals surface area contributed by atoms with Crippen LogP contribution in [0.3, 0.4) is 0 Å². The van der Waals surface area contributed by atoms with Crippen molar-refractivity contribution in [3.8, 4) is 11.3 Å². The third kappa shape index (κ3) is 1.73. The second-order valence-electron chi connectivity index (χ2n) is 2.92. The van der Waals surface area contributed by atoms with E-state index in [1.54, 1.807) is 0 Å². The zero-order valence-corrected chi connectivity index (χ0v) is 9.00. The average molecular weight is 256 g/mol. The molecule has 0 radical (unpaired) electrons. The lowest BCUT2D eigenvalue weighted by Gasteiger charge is -1.89. The number of imidazole rings is 1. The van der Waals surface area contributed by atoms with Crippen molar-refractivity contribution in [2.24, 2.45) is 0 Å². The summed E-state index contributed by atoms with van der Waals surface area (Å²) in [6.07, 6.45) is 4.27. The molecule has 2 aromatic heterocycles. The average Bonchev–Trinajstić information content (AvgIpc) is 2.74. The summed E-state index contributed by atoms with van der Waals surface area (Å²) in [6.45, 7) is 0.104. The van der Waals surface area contributed by atoms with Crippen molar-refractivity contribution in [1.82, 2.24) is 15.0 Å². The lowest BCUT2D eigenvalue weighted by atomic mass is 10.3. The Kier molecular flexibility index (Phi) is 2.69. The van der Waals surface area contributed by atoms with E-state index in [1.165, 1.54) is 0 Å². The molecule has 0 unspecified atom stereocenters. The van der Waals surface area contributed by atoms with Crippen molar-refractivity contribution < 1.29 is 5.11 Å². The Morgan fingerprint density at radius 1 is 1.50 bits per heavy atom. The van der Waals surface area contributed by atoms with E-state index in [0.717, 1.165) is 21.7 Å². The molecule has 0 aliphatic heterocycles. The number of halogens is 1. The van der Waals surface area contributed by atoms with Crippen molar-refractivity contribution in [3.05, 3.63) is 28.9 Å². The van der Waals surface area contributed by atoms with Gasteiger partial charge in [-0.3, -0.25) is 0 Å². The van der Waals surface area contributed by atoms with E-state index in [-0.39, 0.29) is 6.61 Å². The quantitative estimate of drug-likeness (QED) is 0.782. The Hall–Kier alpha value is -1.07. The van der Waals surface area contributed by atoms with Crippen LogP contribution in [-0.4, -0.2) is 26.7 Å². The van der Waals surface area contributed by atoms with Gasteiger partial charge in [-0.1, -0.05) is 0 Å². The number of rotatable bonds is 3. The maximum absolute atomic E-state index is 8.77. The molecular weight excluding hydrogens is 246 g/mol. The summed E-state index contributed by atoms with van der Waals surface area (Å²) in [4.78, 5) is 10.4. The number of nitrogens with one attached hydrogen (secondary N) is 2. The maximum Gasteiger partial charge on any atom is 0.110 e. The van der Waals surface area contributed by atoms with E-state index in [4.69, 9.17) is 5.11 Å². The molecule has 0 bridgehead atoms. The predicted molar refractivity (Wildman–Crippen MR) is 56.9 cm³/mol. The minimum Gasteiger partial charge on any atom is -0.396 e. The third-order valence-electron chi connectivity index (χ3n) is 1.93. The number of H-pyrrole nitrogens is 2. The molecule has 4 nitrogen and oxygen atoms in total. The highest BCUT2D eigenvalue weighted by Crippen LogP contribution is 2.25. The minimum atomic E-state index is 0.104. The number of hydrogen-bond donors (Lipinski definition) is 3. The van der Waals surface area contributed by atoms with Crippen LogP contribution < -0.4 is 0 Å². The lowest BCUT2D eigenvalue weighted by Crippen LogP contribution is -1.92. The molecule has 0 spiro atoms. The molecule has 3 N–H and O–H groups in total. The van der Waals surface area contributed by atoms with Crippen molar-refractivity contribution in [1.29, 1.82) is 0 Å². The molecule has 0 fully saturated rings. The topological polar surface area (TPSA) is 64.7 Å². The number of aliphatic hydroxyl groups excluding tert-OH is 1. The number of aromatic nitrogens is 3. The Labute approximate surface area is 89.5 Å². The lowest BCUT2D eigenvalue weighted by molar-refractivity contribution is 0.297. The SMILES string of the molecule is OCCc1nc(-c2cc[nH]c2)c(Br)[nH]1. The zero-order valence-electron chi connectivity index (χ0n) is 7.42. The summed E-state index contributed by atoms with van der Waals surface area (Å²) < 4.78 is 0.848. The fourth-order valence-electron chi connectivity index (χ4n) is 1.28. The Morgan fingerprint density at radius 3 is 3.00 bits per heavy atom. The van der Waals surface area contributed by atoms with Gasteiger partial charge in [0.2, 0.25) is 0 Å². The Bertz CT molecular complexity index is 408. The monoisotopic (exact) mass is 255 g/mol. The molecule has 0 aliphatic rings. The molecule has 2 heterocycles. The van der Waals surface area contributed by atoms with Gasteiger partial charge in [-0.15, -0.1) is 0 Å². The predicted octanol–water partition coefficient (Wildman–Crippen LogP) is 1.70. The molecular formula is C9H10BrN3O. The first kappa shape index (κ1) is 9.48. The first-order valence-corrected chi connectivity index (χ1v) is 5.09. The number of aromatic amines is 2. The van der Waals surface area contributed by atoms with E-state index >= 15 is 0 Å². The van der Waals surface area contributed by atoms with Crippen molar-refractivity contribution in [3.63, 3.8) is 0 Å². The molecule has 14 heavy (non-hydrogen) atoms. The van der Waals surface area contributed by atoms with Crippen LogP contribution in [0.1, 0.15) is 5.82 Å². The largest absolute Gasteiger partial charge is 0.396 e. The van der Waals surface area contributed by atoms with Gasteiger partial charge in [0, 0.05) is 24.4 Å². The Balaban J connectivity index is 2.35. The van der Waals surface area contributed by atoms with E-state index in [9.17, 15) is 0 Å². The first-order chi connectivity index (χ1) is 6.81. The molecule has 0 saturated carbocycles. The molecule has 74 valence electrons. The maximum atomic E-state index is 8.77. The van der Waals surface area contributed by atoms with Gasteiger partial charge in [0.05, 0.1) is 6.61 Å². The van der Waals surface area contributed by atoms with Crippen LogP contribution in [0.25, 0.3) is 11.3 Å². The van der Waals surface area contributed by atoms with Crippen molar-refractivity contribution >= 4 is 15.9 Å². The van der Waals surface area contributed by atoms with E-state index in [0.29, 0.717) is 6.42 Å². The minimum absolute atomic E-state index is 0.104. The summed E-state index contributed by atoms with van der Waals surface area (Å²) in [5, 5.41) is 8.77.